The number of esters is 1. The molecule has 0 spiro atoms. The topological polar surface area (TPSA) is 72.5 Å². The van der Waals surface area contributed by atoms with Crippen LogP contribution in [0.2, 0.25) is 0 Å². The summed E-state index contributed by atoms with van der Waals surface area (Å²) in [5.74, 6) is -0.476. The third kappa shape index (κ3) is 4.43. The number of hydrogen-bond acceptors (Lipinski definition) is 4. The summed E-state index contributed by atoms with van der Waals surface area (Å²) < 4.78 is 33.3. The van der Waals surface area contributed by atoms with E-state index >= 15 is 0 Å². The third-order valence-corrected chi connectivity index (χ3v) is 5.66. The molecule has 0 aliphatic carbocycles. The van der Waals surface area contributed by atoms with Gasteiger partial charge >= 0.3 is 5.97 Å². The first-order chi connectivity index (χ1) is 11.3. The van der Waals surface area contributed by atoms with Gasteiger partial charge in [0.1, 0.15) is 0 Å². The Morgan fingerprint density at radius 3 is 2.38 bits per heavy atom. The van der Waals surface area contributed by atoms with Crippen LogP contribution in [-0.2, 0) is 14.8 Å². The van der Waals surface area contributed by atoms with Crippen molar-refractivity contribution in [1.29, 1.82) is 0 Å². The van der Waals surface area contributed by atoms with E-state index in [9.17, 15) is 13.2 Å². The van der Waals surface area contributed by atoms with Crippen LogP contribution in [-0.4, -0.2) is 21.0 Å². The summed E-state index contributed by atoms with van der Waals surface area (Å²) in [4.78, 5) is 11.7. The van der Waals surface area contributed by atoms with E-state index in [2.05, 4.69) is 20.7 Å². The van der Waals surface area contributed by atoms with Crippen LogP contribution in [0.3, 0.4) is 0 Å². The van der Waals surface area contributed by atoms with E-state index in [0.29, 0.717) is 5.56 Å². The number of carbonyl (C=O) groups is 1. The molecule has 128 valence electrons. The largest absolute Gasteiger partial charge is 0.462 e. The molecule has 24 heavy (non-hydrogen) atoms. The van der Waals surface area contributed by atoms with Crippen LogP contribution in [0.5, 0.6) is 0 Å². The number of sulfonamides is 1. The Bertz CT molecular complexity index is 819. The Labute approximate surface area is 150 Å². The van der Waals surface area contributed by atoms with E-state index in [-0.39, 0.29) is 11.5 Å². The van der Waals surface area contributed by atoms with Gasteiger partial charge in [-0.3, -0.25) is 0 Å². The average molecular weight is 412 g/mol. The Kier molecular flexibility index (Phi) is 6.15. The highest BCUT2D eigenvalue weighted by molar-refractivity contribution is 9.10. The first-order valence-corrected chi connectivity index (χ1v) is 9.66. The van der Waals surface area contributed by atoms with Crippen molar-refractivity contribution < 1.29 is 17.9 Å². The van der Waals surface area contributed by atoms with Gasteiger partial charge in [0.05, 0.1) is 17.1 Å². The predicted octanol–water partition coefficient (Wildman–Crippen LogP) is 3.67. The molecule has 0 aliphatic rings. The Balaban J connectivity index is 2.18. The van der Waals surface area contributed by atoms with Gasteiger partial charge in [0, 0.05) is 10.5 Å². The van der Waals surface area contributed by atoms with Gasteiger partial charge in [0.25, 0.3) is 0 Å². The summed E-state index contributed by atoms with van der Waals surface area (Å²) in [6, 6.07) is 12.7. The monoisotopic (exact) mass is 411 g/mol. The SMILES string of the molecule is CCOC(=O)c1ccc(S(=O)(=O)N[C@H](C)c2ccccc2Br)cc1. The van der Waals surface area contributed by atoms with Crippen LogP contribution in [0.25, 0.3) is 0 Å². The molecule has 0 aromatic heterocycles. The van der Waals surface area contributed by atoms with Gasteiger partial charge in [0.15, 0.2) is 0 Å². The fraction of sp³-hybridized carbons (Fsp3) is 0.235. The predicted molar refractivity (Wildman–Crippen MR) is 95.3 cm³/mol. The molecule has 1 atom stereocenters. The minimum atomic E-state index is -3.70. The van der Waals surface area contributed by atoms with Crippen LogP contribution in [0.1, 0.15) is 35.8 Å². The van der Waals surface area contributed by atoms with Crippen molar-refractivity contribution in [2.75, 3.05) is 6.61 Å². The van der Waals surface area contributed by atoms with Crippen LogP contribution in [0.15, 0.2) is 57.9 Å². The number of rotatable bonds is 6. The average Bonchev–Trinajstić information content (AvgIpc) is 2.55. The van der Waals surface area contributed by atoms with Crippen LogP contribution >= 0.6 is 15.9 Å². The molecule has 0 unspecified atom stereocenters. The molecule has 0 radical (unpaired) electrons. The summed E-state index contributed by atoms with van der Waals surface area (Å²) in [5.41, 5.74) is 1.15. The highest BCUT2D eigenvalue weighted by Crippen LogP contribution is 2.24. The van der Waals surface area contributed by atoms with Gasteiger partial charge in [0.2, 0.25) is 10.0 Å². The second-order valence-corrected chi connectivity index (χ2v) is 7.68. The molecule has 5 nitrogen and oxygen atoms in total. The maximum atomic E-state index is 12.5. The number of benzene rings is 2. The highest BCUT2D eigenvalue weighted by atomic mass is 79.9. The van der Waals surface area contributed by atoms with Gasteiger partial charge in [-0.25, -0.2) is 17.9 Å². The lowest BCUT2D eigenvalue weighted by Crippen LogP contribution is -2.27. The first-order valence-electron chi connectivity index (χ1n) is 7.39. The standard InChI is InChI=1S/C17H18BrNO4S/c1-3-23-17(20)13-8-10-14(11-9-13)24(21,22)19-12(2)15-6-4-5-7-16(15)18/h4-12,19H,3H2,1-2H3/t12-/m1/s1. The molecule has 0 saturated heterocycles. The second-order valence-electron chi connectivity index (χ2n) is 5.11. The number of halogens is 1. The zero-order chi connectivity index (χ0) is 17.7. The maximum Gasteiger partial charge on any atom is 0.338 e. The zero-order valence-electron chi connectivity index (χ0n) is 13.3. The minimum Gasteiger partial charge on any atom is -0.462 e. The molecule has 7 heteroatoms. The normalized spacial score (nSPS) is 12.6. The summed E-state index contributed by atoms with van der Waals surface area (Å²) in [6.07, 6.45) is 0. The lowest BCUT2D eigenvalue weighted by atomic mass is 10.1. The molecule has 0 saturated carbocycles. The molecule has 0 heterocycles. The third-order valence-electron chi connectivity index (χ3n) is 3.38. The molecule has 1 N–H and O–H groups in total. The summed E-state index contributed by atoms with van der Waals surface area (Å²) in [6.45, 7) is 3.75. The number of ether oxygens (including phenoxy) is 1. The molecule has 0 fully saturated rings. The minimum absolute atomic E-state index is 0.0921. The summed E-state index contributed by atoms with van der Waals surface area (Å²) in [5, 5.41) is 0. The molecule has 0 aliphatic heterocycles. The van der Waals surface area contributed by atoms with Crippen molar-refractivity contribution in [3.8, 4) is 0 Å². The van der Waals surface area contributed by atoms with Crippen molar-refractivity contribution in [3.05, 3.63) is 64.1 Å². The van der Waals surface area contributed by atoms with E-state index in [1.165, 1.54) is 24.3 Å². The van der Waals surface area contributed by atoms with Crippen molar-refractivity contribution in [2.45, 2.75) is 24.8 Å². The van der Waals surface area contributed by atoms with Crippen molar-refractivity contribution >= 4 is 31.9 Å². The van der Waals surface area contributed by atoms with E-state index in [4.69, 9.17) is 4.74 Å². The lowest BCUT2D eigenvalue weighted by molar-refractivity contribution is 0.0526. The Morgan fingerprint density at radius 1 is 1.17 bits per heavy atom. The van der Waals surface area contributed by atoms with E-state index in [1.807, 2.05) is 24.3 Å². The Morgan fingerprint density at radius 2 is 1.79 bits per heavy atom. The number of carbonyl (C=O) groups excluding carboxylic acids is 1. The fourth-order valence-corrected chi connectivity index (χ4v) is 4.03. The molecule has 2 rings (SSSR count). The molecular weight excluding hydrogens is 394 g/mol. The van der Waals surface area contributed by atoms with Crippen LogP contribution < -0.4 is 4.72 Å². The summed E-state index contributed by atoms with van der Waals surface area (Å²) in [7, 11) is -3.70. The van der Waals surface area contributed by atoms with Gasteiger partial charge < -0.3 is 4.74 Å². The van der Waals surface area contributed by atoms with Crippen LogP contribution in [0.4, 0.5) is 0 Å². The fourth-order valence-electron chi connectivity index (χ4n) is 2.18. The van der Waals surface area contributed by atoms with E-state index < -0.39 is 22.0 Å². The van der Waals surface area contributed by atoms with Gasteiger partial charge in [-0.2, -0.15) is 0 Å². The van der Waals surface area contributed by atoms with Gasteiger partial charge in [-0.1, -0.05) is 34.1 Å². The maximum absolute atomic E-state index is 12.5. The Hall–Kier alpha value is -1.70. The molecule has 2 aromatic rings. The molecule has 0 bridgehead atoms. The van der Waals surface area contributed by atoms with Crippen molar-refractivity contribution in [3.63, 3.8) is 0 Å². The molecular formula is C17H18BrNO4S. The molecule has 0 amide bonds. The lowest BCUT2D eigenvalue weighted by Gasteiger charge is -2.16. The highest BCUT2D eigenvalue weighted by Gasteiger charge is 2.20. The quantitative estimate of drug-likeness (QED) is 0.735. The van der Waals surface area contributed by atoms with Gasteiger partial charge in [-0.05, 0) is 49.7 Å². The first kappa shape index (κ1) is 18.6. The number of nitrogens with one attached hydrogen (secondary N) is 1. The smallest absolute Gasteiger partial charge is 0.338 e. The molecule has 2 aromatic carbocycles. The zero-order valence-corrected chi connectivity index (χ0v) is 15.7. The second kappa shape index (κ2) is 7.92. The van der Waals surface area contributed by atoms with Crippen molar-refractivity contribution in [2.24, 2.45) is 0 Å². The van der Waals surface area contributed by atoms with Gasteiger partial charge in [-0.15, -0.1) is 0 Å². The van der Waals surface area contributed by atoms with Crippen LogP contribution in [0, 0.1) is 0 Å². The van der Waals surface area contributed by atoms with E-state index in [1.54, 1.807) is 13.8 Å². The van der Waals surface area contributed by atoms with Crippen molar-refractivity contribution in [1.82, 2.24) is 4.72 Å². The number of hydrogen-bond donors (Lipinski definition) is 1. The summed E-state index contributed by atoms with van der Waals surface area (Å²) >= 11 is 3.41. The van der Waals surface area contributed by atoms with E-state index in [0.717, 1.165) is 10.0 Å².